The van der Waals surface area contributed by atoms with Crippen molar-refractivity contribution in [3.05, 3.63) is 53.9 Å². The number of amides is 1. The number of aromatic nitrogens is 1. The molecule has 1 atom stereocenters. The lowest BCUT2D eigenvalue weighted by Crippen LogP contribution is -2.15. The first-order valence-electron chi connectivity index (χ1n) is 5.82. The van der Waals surface area contributed by atoms with Gasteiger partial charge in [0.1, 0.15) is 0 Å². The van der Waals surface area contributed by atoms with Gasteiger partial charge < -0.3 is 15.6 Å². The van der Waals surface area contributed by atoms with Gasteiger partial charge in [0.15, 0.2) is 0 Å². The number of nitrogens with two attached hydrogens (primary N) is 1. The molecule has 0 aliphatic rings. The topological polar surface area (TPSA) is 60.1 Å². The second-order valence-electron chi connectivity index (χ2n) is 4.33. The summed E-state index contributed by atoms with van der Waals surface area (Å²) in [7, 11) is 1.97. The molecule has 0 spiro atoms. The first kappa shape index (κ1) is 12.4. The Morgan fingerprint density at radius 2 is 2.11 bits per heavy atom. The summed E-state index contributed by atoms with van der Waals surface area (Å²) in [6, 6.07) is 11.4. The number of rotatable bonds is 3. The maximum atomic E-state index is 11.0. The van der Waals surface area contributed by atoms with Crippen LogP contribution >= 0.6 is 0 Å². The van der Waals surface area contributed by atoms with Crippen molar-refractivity contribution in [2.75, 3.05) is 5.32 Å². The van der Waals surface area contributed by atoms with E-state index >= 15 is 0 Å². The van der Waals surface area contributed by atoms with Crippen molar-refractivity contribution in [2.24, 2.45) is 12.8 Å². The van der Waals surface area contributed by atoms with Crippen LogP contribution in [-0.4, -0.2) is 10.5 Å². The largest absolute Gasteiger partial charge is 0.353 e. The van der Waals surface area contributed by atoms with Crippen LogP contribution < -0.4 is 11.1 Å². The molecule has 2 aromatic rings. The Morgan fingerprint density at radius 3 is 2.72 bits per heavy atom. The molecule has 3 N–H and O–H groups in total. The van der Waals surface area contributed by atoms with Gasteiger partial charge in [0.2, 0.25) is 5.91 Å². The van der Waals surface area contributed by atoms with E-state index in [1.807, 2.05) is 54.2 Å². The van der Waals surface area contributed by atoms with E-state index in [1.165, 1.54) is 6.92 Å². The van der Waals surface area contributed by atoms with Crippen LogP contribution in [0.15, 0.2) is 42.6 Å². The number of hydrogen-bond donors (Lipinski definition) is 2. The SMILES string of the molecule is CC(=O)Nc1cccc(C(N)c2cccn2C)c1. The van der Waals surface area contributed by atoms with Crippen molar-refractivity contribution in [2.45, 2.75) is 13.0 Å². The molecule has 18 heavy (non-hydrogen) atoms. The normalized spacial score (nSPS) is 12.2. The predicted molar refractivity (Wildman–Crippen MR) is 72.2 cm³/mol. The third kappa shape index (κ3) is 2.60. The van der Waals surface area contributed by atoms with Gasteiger partial charge in [-0.25, -0.2) is 0 Å². The lowest BCUT2D eigenvalue weighted by Gasteiger charge is -2.14. The molecule has 0 saturated heterocycles. The van der Waals surface area contributed by atoms with Crippen LogP contribution in [0.5, 0.6) is 0 Å². The number of carbonyl (C=O) groups excluding carboxylic acids is 1. The van der Waals surface area contributed by atoms with Gasteiger partial charge in [0.25, 0.3) is 0 Å². The minimum atomic E-state index is -0.196. The Bertz CT molecular complexity index is 560. The van der Waals surface area contributed by atoms with Crippen LogP contribution in [0.25, 0.3) is 0 Å². The third-order valence-electron chi connectivity index (χ3n) is 2.87. The Hall–Kier alpha value is -2.07. The van der Waals surface area contributed by atoms with Crippen LogP contribution in [-0.2, 0) is 11.8 Å². The van der Waals surface area contributed by atoms with E-state index in [-0.39, 0.29) is 11.9 Å². The van der Waals surface area contributed by atoms with Crippen LogP contribution in [0.3, 0.4) is 0 Å². The molecule has 0 saturated carbocycles. The zero-order valence-corrected chi connectivity index (χ0v) is 10.6. The van der Waals surface area contributed by atoms with Crippen molar-refractivity contribution >= 4 is 11.6 Å². The lowest BCUT2D eigenvalue weighted by atomic mass is 10.0. The smallest absolute Gasteiger partial charge is 0.221 e. The van der Waals surface area contributed by atoms with Crippen molar-refractivity contribution in [1.29, 1.82) is 0 Å². The number of aryl methyl sites for hydroxylation is 1. The fourth-order valence-corrected chi connectivity index (χ4v) is 1.98. The number of carbonyl (C=O) groups is 1. The third-order valence-corrected chi connectivity index (χ3v) is 2.87. The van der Waals surface area contributed by atoms with E-state index in [0.717, 1.165) is 16.9 Å². The van der Waals surface area contributed by atoms with E-state index in [1.54, 1.807) is 0 Å². The molecule has 4 heteroatoms. The number of anilines is 1. The first-order chi connectivity index (χ1) is 8.58. The highest BCUT2D eigenvalue weighted by Gasteiger charge is 2.11. The summed E-state index contributed by atoms with van der Waals surface area (Å²) in [5.74, 6) is -0.0837. The van der Waals surface area contributed by atoms with Gasteiger partial charge in [-0.1, -0.05) is 12.1 Å². The maximum Gasteiger partial charge on any atom is 0.221 e. The van der Waals surface area contributed by atoms with Gasteiger partial charge in [-0.3, -0.25) is 4.79 Å². The molecule has 0 aliphatic carbocycles. The van der Waals surface area contributed by atoms with Crippen LogP contribution in [0, 0.1) is 0 Å². The summed E-state index contributed by atoms with van der Waals surface area (Å²) in [4.78, 5) is 11.0. The van der Waals surface area contributed by atoms with Crippen molar-refractivity contribution in [3.8, 4) is 0 Å². The van der Waals surface area contributed by atoms with Gasteiger partial charge in [-0.2, -0.15) is 0 Å². The highest BCUT2D eigenvalue weighted by Crippen LogP contribution is 2.22. The summed E-state index contributed by atoms with van der Waals surface area (Å²) in [6.07, 6.45) is 1.97. The Balaban J connectivity index is 2.28. The molecule has 0 bridgehead atoms. The summed E-state index contributed by atoms with van der Waals surface area (Å²) in [6.45, 7) is 1.49. The highest BCUT2D eigenvalue weighted by atomic mass is 16.1. The number of nitrogens with one attached hydrogen (secondary N) is 1. The summed E-state index contributed by atoms with van der Waals surface area (Å²) in [5.41, 5.74) is 9.01. The second kappa shape index (κ2) is 5.06. The van der Waals surface area contributed by atoms with Gasteiger partial charge >= 0.3 is 0 Å². The summed E-state index contributed by atoms with van der Waals surface area (Å²) in [5, 5.41) is 2.76. The second-order valence-corrected chi connectivity index (χ2v) is 4.33. The molecule has 1 unspecified atom stereocenters. The molecule has 0 fully saturated rings. The van der Waals surface area contributed by atoms with E-state index in [9.17, 15) is 4.79 Å². The summed E-state index contributed by atoms with van der Waals surface area (Å²) >= 11 is 0. The fourth-order valence-electron chi connectivity index (χ4n) is 1.98. The molecular weight excluding hydrogens is 226 g/mol. The molecule has 94 valence electrons. The molecule has 0 aliphatic heterocycles. The van der Waals surface area contributed by atoms with Crippen molar-refractivity contribution < 1.29 is 4.79 Å². The Labute approximate surface area is 106 Å². The number of nitrogens with zero attached hydrogens (tertiary/aromatic N) is 1. The molecule has 2 rings (SSSR count). The highest BCUT2D eigenvalue weighted by molar-refractivity contribution is 5.88. The fraction of sp³-hybridized carbons (Fsp3) is 0.214. The zero-order valence-electron chi connectivity index (χ0n) is 10.6. The van der Waals surface area contributed by atoms with E-state index < -0.39 is 0 Å². The maximum absolute atomic E-state index is 11.0. The minimum absolute atomic E-state index is 0.0837. The van der Waals surface area contributed by atoms with Crippen LogP contribution in [0.2, 0.25) is 0 Å². The molecule has 1 aromatic heterocycles. The lowest BCUT2D eigenvalue weighted by molar-refractivity contribution is -0.114. The minimum Gasteiger partial charge on any atom is -0.353 e. The number of benzene rings is 1. The van der Waals surface area contributed by atoms with Crippen molar-refractivity contribution in [1.82, 2.24) is 4.57 Å². The standard InChI is InChI=1S/C14H17N3O/c1-10(18)16-12-6-3-5-11(9-12)14(15)13-7-4-8-17(13)2/h3-9,14H,15H2,1-2H3,(H,16,18). The van der Waals surface area contributed by atoms with Gasteiger partial charge in [0, 0.05) is 31.5 Å². The van der Waals surface area contributed by atoms with E-state index in [4.69, 9.17) is 5.73 Å². The van der Waals surface area contributed by atoms with Gasteiger partial charge in [0.05, 0.1) is 6.04 Å². The van der Waals surface area contributed by atoms with Gasteiger partial charge in [-0.05, 0) is 29.8 Å². The van der Waals surface area contributed by atoms with Crippen LogP contribution in [0.1, 0.15) is 24.2 Å². The molecule has 1 heterocycles. The number of hydrogen-bond acceptors (Lipinski definition) is 2. The van der Waals surface area contributed by atoms with E-state index in [2.05, 4.69) is 5.32 Å². The Kier molecular flexibility index (Phi) is 3.48. The molecule has 0 radical (unpaired) electrons. The average molecular weight is 243 g/mol. The monoisotopic (exact) mass is 243 g/mol. The molecule has 1 amide bonds. The average Bonchev–Trinajstić information content (AvgIpc) is 2.74. The first-order valence-corrected chi connectivity index (χ1v) is 5.82. The van der Waals surface area contributed by atoms with E-state index in [0.29, 0.717) is 0 Å². The summed E-state index contributed by atoms with van der Waals surface area (Å²) < 4.78 is 2.00. The molecule has 1 aromatic carbocycles. The van der Waals surface area contributed by atoms with Gasteiger partial charge in [-0.15, -0.1) is 0 Å². The zero-order chi connectivity index (χ0) is 13.1. The van der Waals surface area contributed by atoms with Crippen molar-refractivity contribution in [3.63, 3.8) is 0 Å². The molecule has 4 nitrogen and oxygen atoms in total. The van der Waals surface area contributed by atoms with Crippen LogP contribution in [0.4, 0.5) is 5.69 Å². The Morgan fingerprint density at radius 1 is 1.33 bits per heavy atom. The quantitative estimate of drug-likeness (QED) is 0.866. The predicted octanol–water partition coefficient (Wildman–Crippen LogP) is 2.03. The molecular formula is C14H17N3O.